The molecular weight excluding hydrogens is 577 g/mol. The first-order valence-corrected chi connectivity index (χ1v) is 14.3. The fourth-order valence-corrected chi connectivity index (χ4v) is 5.54. The van der Waals surface area contributed by atoms with Crippen LogP contribution in [0.4, 0.5) is 11.4 Å². The Bertz CT molecular complexity index is 1460. The molecule has 3 aromatic carbocycles. The number of benzene rings is 3. The molecule has 0 aromatic heterocycles. The molecule has 1 fully saturated rings. The highest BCUT2D eigenvalue weighted by Gasteiger charge is 2.30. The highest BCUT2D eigenvalue weighted by atomic mass is 35.5. The fraction of sp³-hybridized carbons (Fsp3) is 0.344. The van der Waals surface area contributed by atoms with E-state index in [4.69, 9.17) is 21.1 Å². The molecule has 0 bridgehead atoms. The minimum atomic E-state index is -0.504. The Morgan fingerprint density at radius 3 is 2.45 bits per heavy atom. The molecule has 0 saturated carbocycles. The zero-order valence-electron chi connectivity index (χ0n) is 23.7. The lowest BCUT2D eigenvalue weighted by Crippen LogP contribution is -2.40. The van der Waals surface area contributed by atoms with Crippen LogP contribution in [-0.2, 0) is 14.3 Å². The van der Waals surface area contributed by atoms with Gasteiger partial charge in [0.05, 0.1) is 25.4 Å². The number of nitrogens with zero attached hydrogens (tertiary/aromatic N) is 2. The third-order valence-corrected chi connectivity index (χ3v) is 7.79. The molecule has 0 spiro atoms. The summed E-state index contributed by atoms with van der Waals surface area (Å²) in [6.45, 7) is 7.01. The molecule has 2 aliphatic heterocycles. The summed E-state index contributed by atoms with van der Waals surface area (Å²) in [6.07, 6.45) is 0.724. The Kier molecular flexibility index (Phi) is 10.6. The van der Waals surface area contributed by atoms with Gasteiger partial charge in [-0.1, -0.05) is 29.8 Å². The van der Waals surface area contributed by atoms with Crippen molar-refractivity contribution < 1.29 is 23.9 Å². The van der Waals surface area contributed by atoms with E-state index in [-0.39, 0.29) is 36.7 Å². The van der Waals surface area contributed by atoms with Gasteiger partial charge in [-0.25, -0.2) is 0 Å². The molecular formula is C32H35Cl2N3O5. The molecule has 2 heterocycles. The van der Waals surface area contributed by atoms with Gasteiger partial charge in [0.15, 0.2) is 0 Å². The predicted molar refractivity (Wildman–Crippen MR) is 166 cm³/mol. The van der Waals surface area contributed by atoms with Gasteiger partial charge in [-0.05, 0) is 80.3 Å². The van der Waals surface area contributed by atoms with Gasteiger partial charge < -0.3 is 19.7 Å². The quantitative estimate of drug-likeness (QED) is 0.345. The summed E-state index contributed by atoms with van der Waals surface area (Å²) < 4.78 is 11.3. The van der Waals surface area contributed by atoms with Crippen LogP contribution in [0.15, 0.2) is 60.7 Å². The average molecular weight is 613 g/mol. The second-order valence-electron chi connectivity index (χ2n) is 10.5. The monoisotopic (exact) mass is 611 g/mol. The lowest BCUT2D eigenvalue weighted by atomic mass is 10.0. The molecule has 0 radical (unpaired) electrons. The molecule has 1 N–H and O–H groups in total. The van der Waals surface area contributed by atoms with Crippen LogP contribution in [0.1, 0.15) is 56.4 Å². The Morgan fingerprint density at radius 1 is 0.952 bits per heavy atom. The first-order valence-electron chi connectivity index (χ1n) is 13.9. The first-order chi connectivity index (χ1) is 19.8. The number of fused-ring (bicyclic) bond motifs is 1. The number of hydrogen-bond acceptors (Lipinski definition) is 6. The summed E-state index contributed by atoms with van der Waals surface area (Å²) in [5.41, 5.74) is 4.77. The summed E-state index contributed by atoms with van der Waals surface area (Å²) in [7, 11) is 0. The van der Waals surface area contributed by atoms with Crippen molar-refractivity contribution in [2.75, 3.05) is 49.6 Å². The van der Waals surface area contributed by atoms with Crippen molar-refractivity contribution in [1.82, 2.24) is 4.90 Å². The van der Waals surface area contributed by atoms with Crippen LogP contribution in [0, 0.1) is 13.8 Å². The van der Waals surface area contributed by atoms with E-state index < -0.39 is 6.10 Å². The van der Waals surface area contributed by atoms with Gasteiger partial charge in [0, 0.05) is 47.0 Å². The maximum atomic E-state index is 13.9. The number of carbonyl (C=O) groups excluding carboxylic acids is 3. The summed E-state index contributed by atoms with van der Waals surface area (Å²) in [6, 6.07) is 18.0. The number of halogens is 2. The third-order valence-electron chi connectivity index (χ3n) is 7.55. The lowest BCUT2D eigenvalue weighted by Gasteiger charge is -2.27. The predicted octanol–water partition coefficient (Wildman–Crippen LogP) is 5.99. The van der Waals surface area contributed by atoms with E-state index in [1.54, 1.807) is 41.3 Å². The van der Waals surface area contributed by atoms with E-state index in [2.05, 4.69) is 5.32 Å². The zero-order valence-corrected chi connectivity index (χ0v) is 25.3. The van der Waals surface area contributed by atoms with Gasteiger partial charge in [0.25, 0.3) is 11.8 Å². The molecule has 10 heteroatoms. The SMILES string of the molecule is Cc1ccccc1C(=O)Nc1ccc(C(=O)N2CCCC(OC(=O)CN3CCOCC3)c3cc(Cl)ccc32)c(C)c1.Cl. The first kappa shape index (κ1) is 31.5. The second kappa shape index (κ2) is 14.2. The number of morpholine rings is 1. The maximum Gasteiger partial charge on any atom is 0.320 e. The minimum Gasteiger partial charge on any atom is -0.456 e. The summed E-state index contributed by atoms with van der Waals surface area (Å²) >= 11 is 6.37. The highest BCUT2D eigenvalue weighted by Crippen LogP contribution is 2.38. The van der Waals surface area contributed by atoms with Crippen molar-refractivity contribution in [3.63, 3.8) is 0 Å². The van der Waals surface area contributed by atoms with Crippen LogP contribution in [0.25, 0.3) is 0 Å². The average Bonchev–Trinajstić information content (AvgIpc) is 3.12. The number of nitrogens with one attached hydrogen (secondary N) is 1. The van der Waals surface area contributed by atoms with Crippen molar-refractivity contribution in [3.05, 3.63) is 93.5 Å². The van der Waals surface area contributed by atoms with Gasteiger partial charge in [-0.3, -0.25) is 19.3 Å². The van der Waals surface area contributed by atoms with E-state index in [0.29, 0.717) is 73.2 Å². The molecule has 0 aliphatic carbocycles. The van der Waals surface area contributed by atoms with E-state index in [9.17, 15) is 14.4 Å². The molecule has 222 valence electrons. The number of rotatable bonds is 6. The molecule has 2 amide bonds. The van der Waals surface area contributed by atoms with E-state index >= 15 is 0 Å². The van der Waals surface area contributed by atoms with Crippen molar-refractivity contribution in [2.24, 2.45) is 0 Å². The van der Waals surface area contributed by atoms with Gasteiger partial charge in [0.1, 0.15) is 6.10 Å². The van der Waals surface area contributed by atoms with Crippen molar-refractivity contribution >= 4 is 53.2 Å². The Morgan fingerprint density at radius 2 is 1.71 bits per heavy atom. The lowest BCUT2D eigenvalue weighted by molar-refractivity contribution is -0.152. The molecule has 5 rings (SSSR count). The van der Waals surface area contributed by atoms with Crippen LogP contribution in [0.3, 0.4) is 0 Å². The summed E-state index contributed by atoms with van der Waals surface area (Å²) in [5.74, 6) is -0.668. The largest absolute Gasteiger partial charge is 0.456 e. The smallest absolute Gasteiger partial charge is 0.320 e. The Balaban J connectivity index is 0.00000405. The molecule has 3 aromatic rings. The highest BCUT2D eigenvalue weighted by molar-refractivity contribution is 6.30. The number of hydrogen-bond donors (Lipinski definition) is 1. The van der Waals surface area contributed by atoms with Gasteiger partial charge >= 0.3 is 5.97 Å². The molecule has 1 unspecified atom stereocenters. The van der Waals surface area contributed by atoms with Crippen molar-refractivity contribution in [2.45, 2.75) is 32.8 Å². The summed E-state index contributed by atoms with van der Waals surface area (Å²) in [4.78, 5) is 43.3. The maximum absolute atomic E-state index is 13.9. The molecule has 8 nitrogen and oxygen atoms in total. The van der Waals surface area contributed by atoms with Crippen LogP contribution in [0.2, 0.25) is 5.02 Å². The molecule has 42 heavy (non-hydrogen) atoms. The van der Waals surface area contributed by atoms with Gasteiger partial charge in [-0.15, -0.1) is 12.4 Å². The Hall–Kier alpha value is -3.43. The van der Waals surface area contributed by atoms with Crippen molar-refractivity contribution in [3.8, 4) is 0 Å². The van der Waals surface area contributed by atoms with Crippen LogP contribution in [-0.4, -0.2) is 62.1 Å². The van der Waals surface area contributed by atoms with E-state index in [1.165, 1.54) is 0 Å². The van der Waals surface area contributed by atoms with Gasteiger partial charge in [-0.2, -0.15) is 0 Å². The normalized spacial score (nSPS) is 16.9. The van der Waals surface area contributed by atoms with Crippen LogP contribution in [0.5, 0.6) is 0 Å². The number of carbonyl (C=O) groups is 3. The topological polar surface area (TPSA) is 88.2 Å². The second-order valence-corrected chi connectivity index (χ2v) is 10.9. The fourth-order valence-electron chi connectivity index (χ4n) is 5.36. The Labute approximate surface area is 257 Å². The molecule has 2 aliphatic rings. The number of anilines is 2. The number of ether oxygens (including phenoxy) is 2. The summed E-state index contributed by atoms with van der Waals surface area (Å²) in [5, 5.41) is 3.44. The minimum absolute atomic E-state index is 0. The van der Waals surface area contributed by atoms with E-state index in [1.807, 2.05) is 43.0 Å². The number of esters is 1. The van der Waals surface area contributed by atoms with Crippen LogP contribution < -0.4 is 10.2 Å². The van der Waals surface area contributed by atoms with Gasteiger partial charge in [0.2, 0.25) is 0 Å². The van der Waals surface area contributed by atoms with Crippen molar-refractivity contribution in [1.29, 1.82) is 0 Å². The number of amides is 2. The standard InChI is InChI=1S/C32H34ClN3O5.ClH/c1-21-6-3-4-7-25(21)31(38)34-24-10-11-26(22(2)18-24)32(39)36-13-5-8-29(27-19-23(33)9-12-28(27)36)41-30(37)20-35-14-16-40-17-15-35;/h3-4,6-7,9-12,18-19,29H,5,8,13-17,20H2,1-2H3,(H,34,38);1H. The third kappa shape index (κ3) is 7.31. The van der Waals surface area contributed by atoms with E-state index in [0.717, 1.165) is 16.7 Å². The molecule has 1 atom stereocenters. The van der Waals surface area contributed by atoms with Crippen LogP contribution >= 0.6 is 24.0 Å². The molecule has 1 saturated heterocycles. The zero-order chi connectivity index (χ0) is 28.9. The number of aryl methyl sites for hydroxylation is 2.